The summed E-state index contributed by atoms with van der Waals surface area (Å²) in [5.41, 5.74) is 0.113. The average Bonchev–Trinajstić information content (AvgIpc) is 2.33. The van der Waals surface area contributed by atoms with Gasteiger partial charge < -0.3 is 15.0 Å². The van der Waals surface area contributed by atoms with Crippen molar-refractivity contribution in [3.63, 3.8) is 0 Å². The standard InChI is InChI=1S/C15H31N3O/c1-8-9-10-11-18(6)14(16-5)17-12-13(19-7)15(2,3)4/h8,13H,1,9-12H2,2-7H3,(H,16,17). The van der Waals surface area contributed by atoms with Crippen LogP contribution < -0.4 is 5.32 Å². The maximum absolute atomic E-state index is 5.54. The first-order valence-electron chi connectivity index (χ1n) is 6.92. The van der Waals surface area contributed by atoms with Crippen LogP contribution in [0.5, 0.6) is 0 Å². The molecule has 0 saturated carbocycles. The van der Waals surface area contributed by atoms with Crippen LogP contribution in [0, 0.1) is 5.41 Å². The molecule has 0 amide bonds. The average molecular weight is 269 g/mol. The van der Waals surface area contributed by atoms with E-state index in [2.05, 4.69) is 49.6 Å². The van der Waals surface area contributed by atoms with Crippen LogP contribution in [0.15, 0.2) is 17.6 Å². The molecule has 0 heterocycles. The number of nitrogens with one attached hydrogen (secondary N) is 1. The Bertz CT molecular complexity index is 282. The van der Waals surface area contributed by atoms with Gasteiger partial charge in [-0.1, -0.05) is 26.8 Å². The first kappa shape index (κ1) is 18.0. The highest BCUT2D eigenvalue weighted by Crippen LogP contribution is 2.20. The van der Waals surface area contributed by atoms with Crippen LogP contribution in [0.25, 0.3) is 0 Å². The topological polar surface area (TPSA) is 36.9 Å². The van der Waals surface area contributed by atoms with Crippen molar-refractivity contribution in [3.8, 4) is 0 Å². The van der Waals surface area contributed by atoms with E-state index in [1.165, 1.54) is 0 Å². The van der Waals surface area contributed by atoms with Crippen LogP contribution >= 0.6 is 0 Å². The highest BCUT2D eigenvalue weighted by Gasteiger charge is 2.24. The lowest BCUT2D eigenvalue weighted by Crippen LogP contribution is -2.46. The monoisotopic (exact) mass is 269 g/mol. The number of nitrogens with zero attached hydrogens (tertiary/aromatic N) is 2. The number of allylic oxidation sites excluding steroid dienone is 1. The van der Waals surface area contributed by atoms with Crippen LogP contribution in [0.4, 0.5) is 0 Å². The van der Waals surface area contributed by atoms with Gasteiger partial charge in [-0.2, -0.15) is 0 Å². The van der Waals surface area contributed by atoms with Gasteiger partial charge in [-0.25, -0.2) is 0 Å². The van der Waals surface area contributed by atoms with Crippen molar-refractivity contribution in [1.29, 1.82) is 0 Å². The molecule has 112 valence electrons. The highest BCUT2D eigenvalue weighted by molar-refractivity contribution is 5.79. The molecule has 0 spiro atoms. The largest absolute Gasteiger partial charge is 0.379 e. The second-order valence-electron chi connectivity index (χ2n) is 5.87. The van der Waals surface area contributed by atoms with Crippen LogP contribution in [0.1, 0.15) is 33.6 Å². The van der Waals surface area contributed by atoms with Gasteiger partial charge in [-0.05, 0) is 18.3 Å². The van der Waals surface area contributed by atoms with E-state index in [-0.39, 0.29) is 11.5 Å². The van der Waals surface area contributed by atoms with E-state index in [0.29, 0.717) is 0 Å². The van der Waals surface area contributed by atoms with Crippen LogP contribution in [-0.4, -0.2) is 51.3 Å². The summed E-state index contributed by atoms with van der Waals surface area (Å²) in [6.07, 6.45) is 4.23. The summed E-state index contributed by atoms with van der Waals surface area (Å²) in [5, 5.41) is 3.38. The molecule has 4 heteroatoms. The molecule has 4 nitrogen and oxygen atoms in total. The minimum Gasteiger partial charge on any atom is -0.379 e. The highest BCUT2D eigenvalue weighted by atomic mass is 16.5. The van der Waals surface area contributed by atoms with Gasteiger partial charge in [0.2, 0.25) is 0 Å². The van der Waals surface area contributed by atoms with Gasteiger partial charge in [0.05, 0.1) is 6.10 Å². The Morgan fingerprint density at radius 1 is 1.47 bits per heavy atom. The lowest BCUT2D eigenvalue weighted by molar-refractivity contribution is 0.0202. The third-order valence-electron chi connectivity index (χ3n) is 3.17. The van der Waals surface area contributed by atoms with Crippen LogP contribution in [0.3, 0.4) is 0 Å². The van der Waals surface area contributed by atoms with Gasteiger partial charge in [0.15, 0.2) is 5.96 Å². The molecule has 0 fully saturated rings. The van der Waals surface area contributed by atoms with E-state index in [9.17, 15) is 0 Å². The molecule has 0 aromatic heterocycles. The molecular formula is C15H31N3O. The number of methoxy groups -OCH3 is 1. The zero-order chi connectivity index (χ0) is 14.9. The summed E-state index contributed by atoms with van der Waals surface area (Å²) in [5.74, 6) is 0.912. The zero-order valence-corrected chi connectivity index (χ0v) is 13.5. The Morgan fingerprint density at radius 2 is 2.11 bits per heavy atom. The van der Waals surface area contributed by atoms with Gasteiger partial charge in [0, 0.05) is 34.3 Å². The summed E-state index contributed by atoms with van der Waals surface area (Å²) in [6.45, 7) is 12.0. The van der Waals surface area contributed by atoms with E-state index in [1.54, 1.807) is 7.11 Å². The predicted octanol–water partition coefficient (Wildman–Crippen LogP) is 2.52. The first-order valence-corrected chi connectivity index (χ1v) is 6.92. The summed E-state index contributed by atoms with van der Waals surface area (Å²) in [6, 6.07) is 0. The minimum absolute atomic E-state index is 0.113. The van der Waals surface area contributed by atoms with Crippen molar-refractivity contribution in [2.75, 3.05) is 34.3 Å². The van der Waals surface area contributed by atoms with E-state index in [0.717, 1.165) is 31.9 Å². The van der Waals surface area contributed by atoms with Crippen LogP contribution in [-0.2, 0) is 4.74 Å². The van der Waals surface area contributed by atoms with Gasteiger partial charge in [0.25, 0.3) is 0 Å². The third kappa shape index (κ3) is 7.21. The number of guanidine groups is 1. The molecule has 1 atom stereocenters. The maximum Gasteiger partial charge on any atom is 0.193 e. The molecule has 0 rings (SSSR count). The SMILES string of the molecule is C=CCCCN(C)C(=NC)NCC(OC)C(C)(C)C. The second kappa shape index (κ2) is 8.97. The first-order chi connectivity index (χ1) is 8.86. The molecule has 0 aliphatic heterocycles. The van der Waals surface area contributed by atoms with Gasteiger partial charge >= 0.3 is 0 Å². The summed E-state index contributed by atoms with van der Waals surface area (Å²) in [7, 11) is 5.62. The quantitative estimate of drug-likeness (QED) is 0.334. The van der Waals surface area contributed by atoms with Crippen molar-refractivity contribution in [1.82, 2.24) is 10.2 Å². The number of hydrogen-bond donors (Lipinski definition) is 1. The molecule has 1 N–H and O–H groups in total. The minimum atomic E-state index is 0.113. The molecule has 0 aromatic carbocycles. The molecule has 19 heavy (non-hydrogen) atoms. The smallest absolute Gasteiger partial charge is 0.193 e. The molecule has 0 bridgehead atoms. The van der Waals surface area contributed by atoms with Crippen molar-refractivity contribution in [3.05, 3.63) is 12.7 Å². The van der Waals surface area contributed by atoms with Crippen molar-refractivity contribution < 1.29 is 4.74 Å². The van der Waals surface area contributed by atoms with E-state index < -0.39 is 0 Å². The Kier molecular flexibility index (Phi) is 8.48. The van der Waals surface area contributed by atoms with E-state index in [1.807, 2.05) is 13.1 Å². The normalized spacial score (nSPS) is 14.1. The molecule has 0 aliphatic rings. The number of hydrogen-bond acceptors (Lipinski definition) is 2. The van der Waals surface area contributed by atoms with Crippen molar-refractivity contribution in [2.24, 2.45) is 10.4 Å². The van der Waals surface area contributed by atoms with Crippen molar-refractivity contribution in [2.45, 2.75) is 39.7 Å². The number of aliphatic imine (C=N–C) groups is 1. The second-order valence-corrected chi connectivity index (χ2v) is 5.87. The molecule has 0 radical (unpaired) electrons. The molecule has 0 aliphatic carbocycles. The molecule has 0 aromatic rings. The molecular weight excluding hydrogens is 238 g/mol. The number of unbranched alkanes of at least 4 members (excludes halogenated alkanes) is 1. The lowest BCUT2D eigenvalue weighted by atomic mass is 9.89. The van der Waals surface area contributed by atoms with Crippen LogP contribution in [0.2, 0.25) is 0 Å². The van der Waals surface area contributed by atoms with Gasteiger partial charge in [-0.3, -0.25) is 4.99 Å². The fourth-order valence-corrected chi connectivity index (χ4v) is 1.89. The maximum atomic E-state index is 5.54. The predicted molar refractivity (Wildman–Crippen MR) is 83.7 cm³/mol. The van der Waals surface area contributed by atoms with Gasteiger partial charge in [-0.15, -0.1) is 6.58 Å². The Labute approximate surface area is 118 Å². The summed E-state index contributed by atoms with van der Waals surface area (Å²) >= 11 is 0. The Hall–Kier alpha value is -1.03. The lowest BCUT2D eigenvalue weighted by Gasteiger charge is -2.31. The van der Waals surface area contributed by atoms with Crippen molar-refractivity contribution >= 4 is 5.96 Å². The van der Waals surface area contributed by atoms with Gasteiger partial charge in [0.1, 0.15) is 0 Å². The van der Waals surface area contributed by atoms with E-state index >= 15 is 0 Å². The number of rotatable bonds is 7. The molecule has 0 saturated heterocycles. The summed E-state index contributed by atoms with van der Waals surface area (Å²) < 4.78 is 5.54. The van der Waals surface area contributed by atoms with E-state index in [4.69, 9.17) is 4.74 Å². The Balaban J connectivity index is 4.29. The third-order valence-corrected chi connectivity index (χ3v) is 3.17. The summed E-state index contributed by atoms with van der Waals surface area (Å²) in [4.78, 5) is 6.44. The zero-order valence-electron chi connectivity index (χ0n) is 13.5. The molecule has 1 unspecified atom stereocenters. The fourth-order valence-electron chi connectivity index (χ4n) is 1.89. The number of ether oxygens (including phenoxy) is 1. The fraction of sp³-hybridized carbons (Fsp3) is 0.800. The Morgan fingerprint density at radius 3 is 2.53 bits per heavy atom.